The molecule has 2 aromatic carbocycles. The van der Waals surface area contributed by atoms with Crippen molar-refractivity contribution in [2.24, 2.45) is 0 Å². The zero-order valence-electron chi connectivity index (χ0n) is 14.5. The highest BCUT2D eigenvalue weighted by atomic mass is 79.9. The van der Waals surface area contributed by atoms with Crippen molar-refractivity contribution in [1.82, 2.24) is 0 Å². The van der Waals surface area contributed by atoms with Gasteiger partial charge in [0.15, 0.2) is 0 Å². The number of para-hydroxylation sites is 1. The molecule has 6 heteroatoms. The van der Waals surface area contributed by atoms with Crippen molar-refractivity contribution in [3.8, 4) is 5.75 Å². The van der Waals surface area contributed by atoms with Crippen LogP contribution < -0.4 is 10.1 Å². The molecule has 0 aliphatic carbocycles. The molecule has 0 spiro atoms. The quantitative estimate of drug-likeness (QED) is 0.469. The third-order valence-electron chi connectivity index (χ3n) is 3.72. The van der Waals surface area contributed by atoms with Crippen LogP contribution in [0, 0.1) is 5.82 Å². The SMILES string of the molecule is C/C=C/c1ccccc1OCc1csc(C(=O)Nc2ccc(Br)cc2F)c1. The Morgan fingerprint density at radius 1 is 1.26 bits per heavy atom. The molecule has 3 rings (SSSR count). The summed E-state index contributed by atoms with van der Waals surface area (Å²) in [7, 11) is 0. The standard InChI is InChI=1S/C21H17BrFNO2S/c1-2-5-15-6-3-4-7-19(15)26-12-14-10-20(27-13-14)21(25)24-18-9-8-16(22)11-17(18)23/h2-11,13H,12H2,1H3,(H,24,25)/b5-2+. The summed E-state index contributed by atoms with van der Waals surface area (Å²) in [6, 6.07) is 14.0. The number of amides is 1. The van der Waals surface area contributed by atoms with Crippen LogP contribution in [0.25, 0.3) is 6.08 Å². The lowest BCUT2D eigenvalue weighted by molar-refractivity contribution is 0.103. The van der Waals surface area contributed by atoms with E-state index in [0.29, 0.717) is 16.0 Å². The van der Waals surface area contributed by atoms with Crippen LogP contribution in [0.1, 0.15) is 27.7 Å². The van der Waals surface area contributed by atoms with Crippen LogP contribution in [-0.4, -0.2) is 5.91 Å². The van der Waals surface area contributed by atoms with Gasteiger partial charge in [0.1, 0.15) is 18.2 Å². The van der Waals surface area contributed by atoms with Gasteiger partial charge in [-0.3, -0.25) is 4.79 Å². The second-order valence-corrected chi connectivity index (χ2v) is 7.55. The fourth-order valence-corrected chi connectivity index (χ4v) is 3.56. The number of allylic oxidation sites excluding steroid dienone is 1. The molecule has 27 heavy (non-hydrogen) atoms. The minimum absolute atomic E-state index is 0.148. The molecule has 1 N–H and O–H groups in total. The summed E-state index contributed by atoms with van der Waals surface area (Å²) in [6.07, 6.45) is 3.94. The number of anilines is 1. The van der Waals surface area contributed by atoms with Gasteiger partial charge >= 0.3 is 0 Å². The molecule has 0 aliphatic heterocycles. The normalized spacial score (nSPS) is 10.9. The van der Waals surface area contributed by atoms with Gasteiger partial charge in [0.25, 0.3) is 5.91 Å². The van der Waals surface area contributed by atoms with Crippen molar-refractivity contribution in [2.45, 2.75) is 13.5 Å². The molecule has 0 saturated carbocycles. The predicted molar refractivity (Wildman–Crippen MR) is 112 cm³/mol. The molecule has 3 nitrogen and oxygen atoms in total. The lowest BCUT2D eigenvalue weighted by Gasteiger charge is -2.08. The van der Waals surface area contributed by atoms with Gasteiger partial charge in [-0.15, -0.1) is 11.3 Å². The summed E-state index contributed by atoms with van der Waals surface area (Å²) >= 11 is 4.49. The molecule has 0 saturated heterocycles. The van der Waals surface area contributed by atoms with E-state index in [2.05, 4.69) is 21.2 Å². The first-order chi connectivity index (χ1) is 13.1. The van der Waals surface area contributed by atoms with Gasteiger partial charge < -0.3 is 10.1 Å². The molecular weight excluding hydrogens is 429 g/mol. The maximum Gasteiger partial charge on any atom is 0.265 e. The molecule has 0 fully saturated rings. The van der Waals surface area contributed by atoms with Crippen LogP contribution in [0.15, 0.2) is 64.5 Å². The van der Waals surface area contributed by atoms with Gasteiger partial charge in [0, 0.05) is 15.6 Å². The molecule has 0 radical (unpaired) electrons. The summed E-state index contributed by atoms with van der Waals surface area (Å²) in [5, 5.41) is 4.46. The number of carbonyl (C=O) groups is 1. The van der Waals surface area contributed by atoms with Crippen molar-refractivity contribution in [1.29, 1.82) is 0 Å². The maximum absolute atomic E-state index is 13.9. The van der Waals surface area contributed by atoms with E-state index in [-0.39, 0.29) is 11.6 Å². The third-order valence-corrected chi connectivity index (χ3v) is 5.19. The first-order valence-electron chi connectivity index (χ1n) is 8.25. The Kier molecular flexibility index (Phi) is 6.42. The second kappa shape index (κ2) is 8.97. The van der Waals surface area contributed by atoms with Gasteiger partial charge in [-0.1, -0.05) is 46.3 Å². The number of hydrogen-bond donors (Lipinski definition) is 1. The van der Waals surface area contributed by atoms with Gasteiger partial charge in [0.05, 0.1) is 10.6 Å². The van der Waals surface area contributed by atoms with E-state index in [9.17, 15) is 9.18 Å². The van der Waals surface area contributed by atoms with Crippen LogP contribution in [0.4, 0.5) is 10.1 Å². The molecule has 3 aromatic rings. The van der Waals surface area contributed by atoms with Crippen LogP contribution in [-0.2, 0) is 6.61 Å². The minimum Gasteiger partial charge on any atom is -0.488 e. The van der Waals surface area contributed by atoms with Crippen molar-refractivity contribution >= 4 is 44.9 Å². The van der Waals surface area contributed by atoms with E-state index in [1.165, 1.54) is 23.5 Å². The molecule has 0 aliphatic rings. The highest BCUT2D eigenvalue weighted by Gasteiger charge is 2.12. The average Bonchev–Trinajstić information content (AvgIpc) is 3.13. The highest BCUT2D eigenvalue weighted by Crippen LogP contribution is 2.24. The summed E-state index contributed by atoms with van der Waals surface area (Å²) in [4.78, 5) is 12.8. The summed E-state index contributed by atoms with van der Waals surface area (Å²) in [6.45, 7) is 2.31. The highest BCUT2D eigenvalue weighted by molar-refractivity contribution is 9.10. The number of halogens is 2. The first-order valence-corrected chi connectivity index (χ1v) is 9.92. The van der Waals surface area contributed by atoms with Crippen LogP contribution in [0.3, 0.4) is 0 Å². The van der Waals surface area contributed by atoms with E-state index < -0.39 is 5.82 Å². The molecule has 0 unspecified atom stereocenters. The number of hydrogen-bond acceptors (Lipinski definition) is 3. The molecule has 1 amide bonds. The topological polar surface area (TPSA) is 38.3 Å². The fraction of sp³-hybridized carbons (Fsp3) is 0.0952. The van der Waals surface area contributed by atoms with Gasteiger partial charge in [0.2, 0.25) is 0 Å². The Labute approximate surface area is 169 Å². The lowest BCUT2D eigenvalue weighted by Crippen LogP contribution is -2.11. The van der Waals surface area contributed by atoms with Gasteiger partial charge in [-0.05, 0) is 42.6 Å². The van der Waals surface area contributed by atoms with Crippen LogP contribution in [0.5, 0.6) is 5.75 Å². The van der Waals surface area contributed by atoms with E-state index in [1.807, 2.05) is 48.7 Å². The van der Waals surface area contributed by atoms with Crippen LogP contribution in [0.2, 0.25) is 0 Å². The smallest absolute Gasteiger partial charge is 0.265 e. The summed E-state index contributed by atoms with van der Waals surface area (Å²) < 4.78 is 20.4. The van der Waals surface area contributed by atoms with Gasteiger partial charge in [-0.2, -0.15) is 0 Å². The van der Waals surface area contributed by atoms with Crippen molar-refractivity contribution in [3.63, 3.8) is 0 Å². The van der Waals surface area contributed by atoms with Crippen molar-refractivity contribution in [3.05, 3.63) is 86.3 Å². The Balaban J connectivity index is 1.65. The molecule has 0 bridgehead atoms. The third kappa shape index (κ3) is 5.05. The maximum atomic E-state index is 13.9. The van der Waals surface area contributed by atoms with E-state index >= 15 is 0 Å². The Morgan fingerprint density at radius 3 is 2.85 bits per heavy atom. The largest absolute Gasteiger partial charge is 0.488 e. The van der Waals surface area contributed by atoms with Crippen molar-refractivity contribution in [2.75, 3.05) is 5.32 Å². The minimum atomic E-state index is -0.488. The van der Waals surface area contributed by atoms with E-state index in [1.54, 1.807) is 12.1 Å². The summed E-state index contributed by atoms with van der Waals surface area (Å²) in [5.41, 5.74) is 2.03. The molecule has 1 heterocycles. The second-order valence-electron chi connectivity index (χ2n) is 5.72. The number of carbonyl (C=O) groups excluding carboxylic acids is 1. The Hall–Kier alpha value is -2.44. The number of benzene rings is 2. The lowest BCUT2D eigenvalue weighted by atomic mass is 10.2. The number of ether oxygens (including phenoxy) is 1. The number of nitrogens with one attached hydrogen (secondary N) is 1. The average molecular weight is 446 g/mol. The molecular formula is C21H17BrFNO2S. The van der Waals surface area contributed by atoms with Crippen molar-refractivity contribution < 1.29 is 13.9 Å². The Morgan fingerprint density at radius 2 is 2.07 bits per heavy atom. The zero-order valence-corrected chi connectivity index (χ0v) is 16.9. The monoisotopic (exact) mass is 445 g/mol. The van der Waals surface area contributed by atoms with Gasteiger partial charge in [-0.25, -0.2) is 4.39 Å². The Bertz CT molecular complexity index is 984. The number of thiophene rings is 1. The first kappa shape index (κ1) is 19.3. The predicted octanol–water partition coefficient (Wildman–Crippen LogP) is 6.51. The molecule has 138 valence electrons. The van der Waals surface area contributed by atoms with E-state index in [0.717, 1.165) is 16.9 Å². The van der Waals surface area contributed by atoms with Crippen LogP contribution >= 0.6 is 27.3 Å². The molecule has 0 atom stereocenters. The number of rotatable bonds is 6. The zero-order chi connectivity index (χ0) is 19.2. The fourth-order valence-electron chi connectivity index (χ4n) is 2.44. The molecule has 1 aromatic heterocycles. The summed E-state index contributed by atoms with van der Waals surface area (Å²) in [5.74, 6) is -0.0510. The van der Waals surface area contributed by atoms with E-state index in [4.69, 9.17) is 4.74 Å².